The molecule has 1 saturated carbocycles. The van der Waals surface area contributed by atoms with Crippen molar-refractivity contribution in [3.8, 4) is 0 Å². The van der Waals surface area contributed by atoms with Crippen molar-refractivity contribution in [1.29, 1.82) is 0 Å². The maximum absolute atomic E-state index is 2.86. The fourth-order valence-corrected chi connectivity index (χ4v) is 5.00. The Morgan fingerprint density at radius 3 is 2.57 bits per heavy atom. The maximum Gasteiger partial charge on any atom is 0.00953 e. The van der Waals surface area contributed by atoms with Crippen LogP contribution in [0.3, 0.4) is 0 Å². The molecule has 0 aromatic heterocycles. The second-order valence-electron chi connectivity index (χ2n) is 7.18. The number of hydrogen-bond donors (Lipinski definition) is 0. The van der Waals surface area contributed by atoms with Crippen LogP contribution in [-0.2, 0) is 6.42 Å². The van der Waals surface area contributed by atoms with Gasteiger partial charge in [-0.3, -0.25) is 0 Å². The zero-order chi connectivity index (χ0) is 13.4. The van der Waals surface area contributed by atoms with Crippen molar-refractivity contribution in [2.45, 2.75) is 63.3 Å². The number of hydrogen-bond acceptors (Lipinski definition) is 1. The van der Waals surface area contributed by atoms with Crippen molar-refractivity contribution in [1.82, 2.24) is 4.90 Å². The van der Waals surface area contributed by atoms with Crippen LogP contribution in [0.1, 0.15) is 62.0 Å². The standard InChI is InChI=1S/C19H27N.ClH/c1-2-7-17(8-3-1)20-13-12-19-16(14-20)11-10-15-6-4-5-9-18(15)19;/h4-6,9,16-17,19H,1-3,7-8,10-14H2;1H/t16-,19+;/m0./s1. The van der Waals surface area contributed by atoms with E-state index in [1.807, 2.05) is 0 Å². The summed E-state index contributed by atoms with van der Waals surface area (Å²) in [5.41, 5.74) is 3.33. The van der Waals surface area contributed by atoms with Crippen molar-refractivity contribution < 1.29 is 0 Å². The smallest absolute Gasteiger partial charge is 0.00953 e. The number of fused-ring (bicyclic) bond motifs is 3. The molecule has 1 heterocycles. The van der Waals surface area contributed by atoms with Gasteiger partial charge in [0.2, 0.25) is 0 Å². The number of benzene rings is 1. The minimum absolute atomic E-state index is 0. The molecule has 2 atom stereocenters. The van der Waals surface area contributed by atoms with E-state index in [1.165, 1.54) is 64.5 Å². The number of likely N-dealkylation sites (tertiary alicyclic amines) is 1. The summed E-state index contributed by atoms with van der Waals surface area (Å²) < 4.78 is 0. The van der Waals surface area contributed by atoms with Crippen molar-refractivity contribution >= 4 is 12.4 Å². The summed E-state index contributed by atoms with van der Waals surface area (Å²) in [4.78, 5) is 2.86. The number of rotatable bonds is 1. The molecular formula is C19H28ClN. The first-order valence-corrected chi connectivity index (χ1v) is 8.73. The molecule has 1 aromatic rings. The average Bonchev–Trinajstić information content (AvgIpc) is 2.55. The lowest BCUT2D eigenvalue weighted by atomic mass is 9.71. The third-order valence-electron chi connectivity index (χ3n) is 6.10. The van der Waals surface area contributed by atoms with Crippen molar-refractivity contribution in [3.05, 3.63) is 35.4 Å². The summed E-state index contributed by atoms with van der Waals surface area (Å²) in [7, 11) is 0. The Labute approximate surface area is 135 Å². The number of aryl methyl sites for hydroxylation is 1. The molecule has 21 heavy (non-hydrogen) atoms. The van der Waals surface area contributed by atoms with Crippen LogP contribution in [-0.4, -0.2) is 24.0 Å². The first-order valence-electron chi connectivity index (χ1n) is 8.73. The second-order valence-corrected chi connectivity index (χ2v) is 7.18. The molecule has 1 nitrogen and oxygen atoms in total. The zero-order valence-electron chi connectivity index (χ0n) is 13.0. The van der Waals surface area contributed by atoms with Gasteiger partial charge in [-0.15, -0.1) is 12.4 Å². The third kappa shape index (κ3) is 3.00. The molecule has 1 saturated heterocycles. The van der Waals surface area contributed by atoms with E-state index >= 15 is 0 Å². The Balaban J connectivity index is 0.00000132. The van der Waals surface area contributed by atoms with Gasteiger partial charge in [0.05, 0.1) is 0 Å². The molecule has 0 radical (unpaired) electrons. The van der Waals surface area contributed by atoms with Crippen LogP contribution >= 0.6 is 12.4 Å². The Bertz CT molecular complexity index is 466. The van der Waals surface area contributed by atoms with Crippen LogP contribution in [0, 0.1) is 5.92 Å². The highest BCUT2D eigenvalue weighted by Crippen LogP contribution is 2.42. The normalized spacial score (nSPS) is 30.1. The van der Waals surface area contributed by atoms with Crippen LogP contribution in [0.25, 0.3) is 0 Å². The fraction of sp³-hybridized carbons (Fsp3) is 0.684. The summed E-state index contributed by atoms with van der Waals surface area (Å²) in [6, 6.07) is 10.1. The van der Waals surface area contributed by atoms with E-state index in [0.717, 1.165) is 17.9 Å². The number of halogens is 1. The van der Waals surface area contributed by atoms with Gasteiger partial charge in [0, 0.05) is 12.6 Å². The summed E-state index contributed by atoms with van der Waals surface area (Å²) in [5.74, 6) is 1.79. The molecule has 0 N–H and O–H groups in total. The molecule has 2 aliphatic carbocycles. The van der Waals surface area contributed by atoms with Gasteiger partial charge in [-0.1, -0.05) is 43.5 Å². The quantitative estimate of drug-likeness (QED) is 0.721. The summed E-state index contributed by atoms with van der Waals surface area (Å²) in [6.45, 7) is 2.73. The van der Waals surface area contributed by atoms with Gasteiger partial charge >= 0.3 is 0 Å². The molecule has 2 fully saturated rings. The third-order valence-corrected chi connectivity index (χ3v) is 6.10. The van der Waals surface area contributed by atoms with E-state index < -0.39 is 0 Å². The second kappa shape index (κ2) is 6.71. The van der Waals surface area contributed by atoms with E-state index in [2.05, 4.69) is 29.2 Å². The monoisotopic (exact) mass is 305 g/mol. The number of piperidine rings is 1. The lowest BCUT2D eigenvalue weighted by molar-refractivity contribution is 0.0791. The van der Waals surface area contributed by atoms with Gasteiger partial charge in [-0.05, 0) is 61.6 Å². The molecule has 0 amide bonds. The molecule has 116 valence electrons. The SMILES string of the molecule is Cl.c1ccc2c(c1)CC[C@H]1CN(C3CCCCC3)CC[C@@H]21. The Kier molecular flexibility index (Phi) is 4.91. The van der Waals surface area contributed by atoms with Crippen molar-refractivity contribution in [3.63, 3.8) is 0 Å². The van der Waals surface area contributed by atoms with Crippen molar-refractivity contribution in [2.24, 2.45) is 5.92 Å². The minimum Gasteiger partial charge on any atom is -0.300 e. The Morgan fingerprint density at radius 1 is 0.905 bits per heavy atom. The van der Waals surface area contributed by atoms with Crippen molar-refractivity contribution in [2.75, 3.05) is 13.1 Å². The predicted molar refractivity (Wildman–Crippen MR) is 91.3 cm³/mol. The van der Waals surface area contributed by atoms with Crippen LogP contribution < -0.4 is 0 Å². The summed E-state index contributed by atoms with van der Waals surface area (Å²) in [5, 5.41) is 0. The lowest BCUT2D eigenvalue weighted by Gasteiger charge is -2.46. The van der Waals surface area contributed by atoms with E-state index in [0.29, 0.717) is 0 Å². The lowest BCUT2D eigenvalue weighted by Crippen LogP contribution is -2.47. The van der Waals surface area contributed by atoms with Gasteiger partial charge in [0.25, 0.3) is 0 Å². The van der Waals surface area contributed by atoms with E-state index in [4.69, 9.17) is 0 Å². The number of nitrogens with zero attached hydrogens (tertiary/aromatic N) is 1. The largest absolute Gasteiger partial charge is 0.300 e. The maximum atomic E-state index is 2.86. The summed E-state index contributed by atoms with van der Waals surface area (Å²) in [6.07, 6.45) is 11.5. The molecule has 0 spiro atoms. The van der Waals surface area contributed by atoms with E-state index in [9.17, 15) is 0 Å². The van der Waals surface area contributed by atoms with Gasteiger partial charge in [0.1, 0.15) is 0 Å². The molecule has 0 unspecified atom stereocenters. The Morgan fingerprint density at radius 2 is 1.71 bits per heavy atom. The van der Waals surface area contributed by atoms with Crippen LogP contribution in [0.4, 0.5) is 0 Å². The van der Waals surface area contributed by atoms with Crippen LogP contribution in [0.5, 0.6) is 0 Å². The average molecular weight is 306 g/mol. The molecule has 1 aromatic carbocycles. The topological polar surface area (TPSA) is 3.24 Å². The summed E-state index contributed by atoms with van der Waals surface area (Å²) >= 11 is 0. The highest BCUT2D eigenvalue weighted by atomic mass is 35.5. The Hall–Kier alpha value is -0.530. The molecule has 0 bridgehead atoms. The van der Waals surface area contributed by atoms with Gasteiger partial charge in [-0.25, -0.2) is 0 Å². The fourth-order valence-electron chi connectivity index (χ4n) is 5.00. The minimum atomic E-state index is 0. The highest BCUT2D eigenvalue weighted by Gasteiger charge is 2.36. The van der Waals surface area contributed by atoms with Crippen LogP contribution in [0.2, 0.25) is 0 Å². The highest BCUT2D eigenvalue weighted by molar-refractivity contribution is 5.85. The molecule has 3 aliphatic rings. The first kappa shape index (κ1) is 15.4. The van der Waals surface area contributed by atoms with Gasteiger partial charge in [-0.2, -0.15) is 0 Å². The van der Waals surface area contributed by atoms with Gasteiger partial charge < -0.3 is 4.90 Å². The van der Waals surface area contributed by atoms with Crippen LogP contribution in [0.15, 0.2) is 24.3 Å². The molecule has 4 rings (SSSR count). The van der Waals surface area contributed by atoms with Gasteiger partial charge in [0.15, 0.2) is 0 Å². The first-order chi connectivity index (χ1) is 9.92. The molecule has 2 heteroatoms. The molecule has 1 aliphatic heterocycles. The molecular weight excluding hydrogens is 278 g/mol. The van der Waals surface area contributed by atoms with E-state index in [-0.39, 0.29) is 12.4 Å². The zero-order valence-corrected chi connectivity index (χ0v) is 13.8. The van der Waals surface area contributed by atoms with E-state index in [1.54, 1.807) is 11.1 Å². The predicted octanol–water partition coefficient (Wildman–Crippen LogP) is 4.79.